The summed E-state index contributed by atoms with van der Waals surface area (Å²) in [5.41, 5.74) is 1.12. The summed E-state index contributed by atoms with van der Waals surface area (Å²) >= 11 is 14.2. The molecule has 1 aliphatic carbocycles. The molecular weight excluding hydrogens is 631 g/mol. The Morgan fingerprint density at radius 1 is 1.19 bits per heavy atom. The lowest BCUT2D eigenvalue weighted by molar-refractivity contribution is -0.0515. The Hall–Kier alpha value is -2.73. The molecule has 7 nitrogen and oxygen atoms in total. The van der Waals surface area contributed by atoms with E-state index in [2.05, 4.69) is 16.0 Å². The van der Waals surface area contributed by atoms with Crippen LogP contribution in [0.1, 0.15) is 48.2 Å². The molecule has 1 saturated carbocycles. The van der Waals surface area contributed by atoms with Crippen molar-refractivity contribution in [2.45, 2.75) is 43.8 Å². The van der Waals surface area contributed by atoms with Crippen LogP contribution in [-0.2, 0) is 14.8 Å². The molecule has 0 bridgehead atoms. The van der Waals surface area contributed by atoms with E-state index in [1.165, 1.54) is 48.2 Å². The van der Waals surface area contributed by atoms with Crippen LogP contribution in [0.5, 0.6) is 11.5 Å². The summed E-state index contributed by atoms with van der Waals surface area (Å²) in [6.45, 7) is 2.66. The molecule has 0 radical (unpaired) electrons. The van der Waals surface area contributed by atoms with E-state index >= 15 is 0 Å². The van der Waals surface area contributed by atoms with Gasteiger partial charge in [0.1, 0.15) is 6.10 Å². The van der Waals surface area contributed by atoms with Gasteiger partial charge < -0.3 is 14.2 Å². The van der Waals surface area contributed by atoms with Crippen molar-refractivity contribution in [1.29, 1.82) is 0 Å². The maximum Gasteiger partial charge on any atom is 0.387 e. The zero-order chi connectivity index (χ0) is 31.0. The lowest BCUT2D eigenvalue weighted by atomic mass is 9.99. The highest BCUT2D eigenvalue weighted by Crippen LogP contribution is 2.39. The number of carbonyl (C=O) groups excluding carboxylic acids is 1. The second-order valence-electron chi connectivity index (χ2n) is 9.39. The number of thioether (sulfide) groups is 1. The normalized spacial score (nSPS) is 15.1. The molecule has 1 fully saturated rings. The molecule has 0 aromatic heterocycles. The minimum atomic E-state index is -3.63. The Balaban J connectivity index is 2.05. The highest BCUT2D eigenvalue weighted by molar-refractivity contribution is 7.99. The zero-order valence-corrected chi connectivity index (χ0v) is 26.3. The summed E-state index contributed by atoms with van der Waals surface area (Å²) in [5, 5.41) is 0.527. The monoisotopic (exact) mass is 661 g/mol. The van der Waals surface area contributed by atoms with Gasteiger partial charge in [-0.3, -0.25) is 4.72 Å². The number of nitrogens with one attached hydrogen (secondary N) is 1. The number of alkyl halides is 2. The third kappa shape index (κ3) is 9.93. The SMILES string of the molecule is C=C/C(Cl)=C(C[C@H](OC(=O)c1ccc(SC)c(NS(C)(=O)=O)c1)c1ccc(OC(F)F)c(OCC2CC2)c1)\C(Cl)=C/C. The van der Waals surface area contributed by atoms with E-state index in [-0.39, 0.29) is 34.2 Å². The van der Waals surface area contributed by atoms with Gasteiger partial charge in [0.15, 0.2) is 11.5 Å². The summed E-state index contributed by atoms with van der Waals surface area (Å²) in [6, 6.07) is 8.77. The molecule has 1 aliphatic rings. The van der Waals surface area contributed by atoms with E-state index in [1.807, 2.05) is 0 Å². The summed E-state index contributed by atoms with van der Waals surface area (Å²) in [6.07, 6.45) is 6.72. The minimum absolute atomic E-state index is 0.00573. The lowest BCUT2D eigenvalue weighted by Gasteiger charge is -2.22. The Kier molecular flexibility index (Phi) is 12.2. The molecule has 0 spiro atoms. The van der Waals surface area contributed by atoms with Gasteiger partial charge in [0.25, 0.3) is 0 Å². The summed E-state index contributed by atoms with van der Waals surface area (Å²) in [7, 11) is -3.63. The molecule has 228 valence electrons. The maximum atomic E-state index is 13.4. The number of carbonyl (C=O) groups is 1. The zero-order valence-electron chi connectivity index (χ0n) is 23.2. The number of benzene rings is 2. The average Bonchev–Trinajstić information content (AvgIpc) is 3.77. The number of allylic oxidation sites excluding steroid dienone is 4. The number of anilines is 1. The topological polar surface area (TPSA) is 90.9 Å². The molecule has 0 unspecified atom stereocenters. The van der Waals surface area contributed by atoms with E-state index < -0.39 is 28.7 Å². The number of esters is 1. The molecule has 2 aromatic rings. The van der Waals surface area contributed by atoms with Crippen molar-refractivity contribution >= 4 is 56.6 Å². The predicted molar refractivity (Wildman–Crippen MR) is 163 cm³/mol. The van der Waals surface area contributed by atoms with E-state index in [4.69, 9.17) is 32.7 Å². The number of sulfonamides is 1. The second kappa shape index (κ2) is 15.1. The largest absolute Gasteiger partial charge is 0.489 e. The molecular formula is C29H31Cl2F2NO6S2. The van der Waals surface area contributed by atoms with Gasteiger partial charge >= 0.3 is 12.6 Å². The standard InChI is InChI=1S/C29H31Cl2F2NO6S2/c1-5-21(30)20(22(31)6-2)15-25(18-9-11-24(40-29(32)33)26(14-18)38-16-17-7-8-17)39-28(35)19-10-12-27(41-3)23(13-19)34-42(4,36)37/h5-6,9-14,17,25,29,34H,1,7-8,15-16H2,2-4H3/b21-20+,22-6+/t25-/m0/s1. The number of hydrogen-bond acceptors (Lipinski definition) is 7. The van der Waals surface area contributed by atoms with Crippen molar-refractivity contribution in [3.63, 3.8) is 0 Å². The lowest BCUT2D eigenvalue weighted by Crippen LogP contribution is -2.15. The average molecular weight is 663 g/mol. The Morgan fingerprint density at radius 3 is 2.48 bits per heavy atom. The van der Waals surface area contributed by atoms with Crippen molar-refractivity contribution in [2.24, 2.45) is 5.92 Å². The molecule has 0 aliphatic heterocycles. The molecule has 13 heteroatoms. The molecule has 1 atom stereocenters. The molecule has 0 amide bonds. The van der Waals surface area contributed by atoms with Gasteiger partial charge in [0, 0.05) is 21.4 Å². The van der Waals surface area contributed by atoms with Crippen LogP contribution in [0.3, 0.4) is 0 Å². The number of hydrogen-bond donors (Lipinski definition) is 1. The van der Waals surface area contributed by atoms with Crippen molar-refractivity contribution in [3.8, 4) is 11.5 Å². The third-order valence-electron chi connectivity index (χ3n) is 6.11. The van der Waals surface area contributed by atoms with E-state index in [0.717, 1.165) is 19.1 Å². The Morgan fingerprint density at radius 2 is 1.90 bits per heavy atom. The van der Waals surface area contributed by atoms with Crippen LogP contribution in [0.2, 0.25) is 0 Å². The minimum Gasteiger partial charge on any atom is -0.489 e. The van der Waals surface area contributed by atoms with Gasteiger partial charge in [-0.1, -0.05) is 48.0 Å². The molecule has 0 saturated heterocycles. The third-order valence-corrected chi connectivity index (χ3v) is 8.32. The molecule has 2 aromatic carbocycles. The van der Waals surface area contributed by atoms with Gasteiger partial charge in [0.05, 0.1) is 24.1 Å². The van der Waals surface area contributed by atoms with E-state index in [1.54, 1.807) is 25.3 Å². The highest BCUT2D eigenvalue weighted by Gasteiger charge is 2.27. The quantitative estimate of drug-likeness (QED) is 0.117. The molecule has 3 rings (SSSR count). The van der Waals surface area contributed by atoms with Crippen LogP contribution in [0.25, 0.3) is 0 Å². The summed E-state index contributed by atoms with van der Waals surface area (Å²) in [4.78, 5) is 14.0. The first kappa shape index (κ1) is 33.8. The van der Waals surface area contributed by atoms with Crippen LogP contribution in [0.15, 0.2) is 75.7 Å². The fourth-order valence-corrected chi connectivity index (χ4v) is 5.43. The van der Waals surface area contributed by atoms with Crippen LogP contribution >= 0.6 is 35.0 Å². The second-order valence-corrected chi connectivity index (χ2v) is 12.8. The summed E-state index contributed by atoms with van der Waals surface area (Å²) in [5.74, 6) is -0.532. The van der Waals surface area contributed by atoms with Gasteiger partial charge in [-0.25, -0.2) is 13.2 Å². The van der Waals surface area contributed by atoms with Crippen molar-refractivity contribution in [3.05, 3.63) is 81.9 Å². The molecule has 0 heterocycles. The van der Waals surface area contributed by atoms with Crippen LogP contribution < -0.4 is 14.2 Å². The highest BCUT2D eigenvalue weighted by atomic mass is 35.5. The number of halogens is 4. The van der Waals surface area contributed by atoms with Gasteiger partial charge in [-0.15, -0.1) is 11.8 Å². The molecule has 1 N–H and O–H groups in total. The smallest absolute Gasteiger partial charge is 0.387 e. The van der Waals surface area contributed by atoms with Crippen LogP contribution in [-0.4, -0.2) is 40.1 Å². The van der Waals surface area contributed by atoms with Gasteiger partial charge in [-0.05, 0) is 73.4 Å². The first-order valence-corrected chi connectivity index (χ1v) is 16.6. The number of rotatable bonds is 15. The fraction of sp³-hybridized carbons (Fsp3) is 0.345. The van der Waals surface area contributed by atoms with Gasteiger partial charge in [0.2, 0.25) is 10.0 Å². The fourth-order valence-electron chi connectivity index (χ4n) is 3.85. The first-order valence-electron chi connectivity index (χ1n) is 12.8. The predicted octanol–water partition coefficient (Wildman–Crippen LogP) is 8.28. The van der Waals surface area contributed by atoms with Crippen LogP contribution in [0.4, 0.5) is 14.5 Å². The van der Waals surface area contributed by atoms with Gasteiger partial charge in [-0.2, -0.15) is 8.78 Å². The summed E-state index contributed by atoms with van der Waals surface area (Å²) < 4.78 is 68.8. The van der Waals surface area contributed by atoms with Crippen molar-refractivity contribution in [1.82, 2.24) is 0 Å². The van der Waals surface area contributed by atoms with Crippen LogP contribution in [0, 0.1) is 5.92 Å². The molecule has 42 heavy (non-hydrogen) atoms. The maximum absolute atomic E-state index is 13.4. The Labute approximate surface area is 258 Å². The Bertz CT molecular complexity index is 1480. The van der Waals surface area contributed by atoms with Crippen molar-refractivity contribution in [2.75, 3.05) is 23.8 Å². The first-order chi connectivity index (χ1) is 19.8. The van der Waals surface area contributed by atoms with Crippen molar-refractivity contribution < 1.29 is 36.2 Å². The van der Waals surface area contributed by atoms with E-state index in [0.29, 0.717) is 33.6 Å². The number of ether oxygens (including phenoxy) is 3. The van der Waals surface area contributed by atoms with E-state index in [9.17, 15) is 22.0 Å².